The number of amides is 1. The van der Waals surface area contributed by atoms with Crippen LogP contribution in [0.1, 0.15) is 39.5 Å². The second kappa shape index (κ2) is 5.40. The number of aryl methyl sites for hydroxylation is 2. The van der Waals surface area contributed by atoms with Crippen LogP contribution in [0.3, 0.4) is 0 Å². The molecule has 3 rings (SSSR count). The largest absolute Gasteiger partial charge is 0.330 e. The van der Waals surface area contributed by atoms with Crippen LogP contribution in [0.5, 0.6) is 0 Å². The molecule has 0 saturated heterocycles. The highest BCUT2D eigenvalue weighted by Gasteiger charge is 2.28. The standard InChI is InChI=1S/C18H20BNO/c1-3-13-4-6-14(7-5-13)10-20-11-15-9-16(19)8-12(2)17(15)18(20)21/h4-9H,3,10-11,19H2,1-2H3. The summed E-state index contributed by atoms with van der Waals surface area (Å²) in [4.78, 5) is 14.5. The van der Waals surface area contributed by atoms with Crippen molar-refractivity contribution in [2.24, 2.45) is 0 Å². The molecule has 0 saturated carbocycles. The van der Waals surface area contributed by atoms with Crippen LogP contribution in [0.15, 0.2) is 36.4 Å². The summed E-state index contributed by atoms with van der Waals surface area (Å²) in [5.74, 6) is 0.169. The minimum absolute atomic E-state index is 0.169. The van der Waals surface area contributed by atoms with Gasteiger partial charge in [-0.05, 0) is 35.6 Å². The molecule has 2 aromatic rings. The third kappa shape index (κ3) is 2.60. The molecule has 0 aliphatic carbocycles. The van der Waals surface area contributed by atoms with Gasteiger partial charge in [0, 0.05) is 18.7 Å². The summed E-state index contributed by atoms with van der Waals surface area (Å²) >= 11 is 0. The zero-order valence-electron chi connectivity index (χ0n) is 12.9. The summed E-state index contributed by atoms with van der Waals surface area (Å²) in [6.07, 6.45) is 1.05. The monoisotopic (exact) mass is 277 g/mol. The van der Waals surface area contributed by atoms with Crippen molar-refractivity contribution in [1.29, 1.82) is 0 Å². The predicted octanol–water partition coefficient (Wildman–Crippen LogP) is 1.97. The lowest BCUT2D eigenvalue weighted by molar-refractivity contribution is 0.0766. The fourth-order valence-corrected chi connectivity index (χ4v) is 3.15. The van der Waals surface area contributed by atoms with Gasteiger partial charge in [-0.3, -0.25) is 4.79 Å². The van der Waals surface area contributed by atoms with Crippen molar-refractivity contribution in [3.63, 3.8) is 0 Å². The first-order valence-electron chi connectivity index (χ1n) is 7.55. The summed E-state index contributed by atoms with van der Waals surface area (Å²) in [5.41, 5.74) is 6.93. The van der Waals surface area contributed by atoms with Crippen LogP contribution in [0.4, 0.5) is 0 Å². The molecule has 2 aromatic carbocycles. The summed E-state index contributed by atoms with van der Waals surface area (Å²) in [6.45, 7) is 5.60. The zero-order chi connectivity index (χ0) is 15.0. The molecule has 0 aromatic heterocycles. The molecule has 0 fully saturated rings. The minimum atomic E-state index is 0.169. The summed E-state index contributed by atoms with van der Waals surface area (Å²) < 4.78 is 0. The van der Waals surface area contributed by atoms with Crippen molar-refractivity contribution in [3.8, 4) is 0 Å². The van der Waals surface area contributed by atoms with E-state index in [0.29, 0.717) is 6.54 Å². The van der Waals surface area contributed by atoms with E-state index in [-0.39, 0.29) is 5.91 Å². The van der Waals surface area contributed by atoms with E-state index >= 15 is 0 Å². The molecule has 1 amide bonds. The van der Waals surface area contributed by atoms with Gasteiger partial charge in [0.2, 0.25) is 0 Å². The third-order valence-electron chi connectivity index (χ3n) is 4.23. The van der Waals surface area contributed by atoms with Gasteiger partial charge in [0.25, 0.3) is 5.91 Å². The maximum Gasteiger partial charge on any atom is 0.255 e. The SMILES string of the molecule is Bc1cc(C)c2c(c1)CN(Cc1ccc(CC)cc1)C2=O. The fraction of sp³-hybridized carbons (Fsp3) is 0.278. The van der Waals surface area contributed by atoms with E-state index in [1.807, 2.05) is 11.8 Å². The molecule has 106 valence electrons. The molecule has 3 heteroatoms. The van der Waals surface area contributed by atoms with Gasteiger partial charge in [-0.2, -0.15) is 0 Å². The molecule has 0 atom stereocenters. The topological polar surface area (TPSA) is 20.3 Å². The number of carbonyl (C=O) groups excluding carboxylic acids is 1. The Hall–Kier alpha value is -2.03. The smallest absolute Gasteiger partial charge is 0.255 e. The second-order valence-electron chi connectivity index (χ2n) is 5.95. The molecule has 0 spiro atoms. The Morgan fingerprint density at radius 3 is 2.48 bits per heavy atom. The molecular formula is C18H20BNO. The first-order valence-corrected chi connectivity index (χ1v) is 7.55. The van der Waals surface area contributed by atoms with Crippen LogP contribution < -0.4 is 5.46 Å². The zero-order valence-corrected chi connectivity index (χ0v) is 12.9. The van der Waals surface area contributed by atoms with Crippen LogP contribution >= 0.6 is 0 Å². The van der Waals surface area contributed by atoms with Crippen molar-refractivity contribution < 1.29 is 4.79 Å². The summed E-state index contributed by atoms with van der Waals surface area (Å²) in [7, 11) is 2.09. The Morgan fingerprint density at radius 2 is 1.81 bits per heavy atom. The predicted molar refractivity (Wildman–Crippen MR) is 88.8 cm³/mol. The highest BCUT2D eigenvalue weighted by molar-refractivity contribution is 6.32. The Morgan fingerprint density at radius 1 is 1.14 bits per heavy atom. The van der Waals surface area contributed by atoms with Gasteiger partial charge < -0.3 is 4.90 Å². The van der Waals surface area contributed by atoms with E-state index in [9.17, 15) is 4.79 Å². The summed E-state index contributed by atoms with van der Waals surface area (Å²) in [6, 6.07) is 12.8. The fourth-order valence-electron chi connectivity index (χ4n) is 3.15. The number of rotatable bonds is 3. The molecule has 0 unspecified atom stereocenters. The molecule has 0 bridgehead atoms. The lowest BCUT2D eigenvalue weighted by Crippen LogP contribution is -2.23. The summed E-state index contributed by atoms with van der Waals surface area (Å²) in [5, 5.41) is 0. The third-order valence-corrected chi connectivity index (χ3v) is 4.23. The molecule has 1 aliphatic rings. The Balaban J connectivity index is 1.82. The van der Waals surface area contributed by atoms with Crippen LogP contribution in [0.25, 0.3) is 0 Å². The quantitative estimate of drug-likeness (QED) is 0.785. The van der Waals surface area contributed by atoms with Crippen LogP contribution in [0, 0.1) is 6.92 Å². The lowest BCUT2D eigenvalue weighted by Gasteiger charge is -2.16. The first kappa shape index (κ1) is 13.9. The molecular weight excluding hydrogens is 257 g/mol. The van der Waals surface area contributed by atoms with Crippen molar-refractivity contribution in [1.82, 2.24) is 4.90 Å². The maximum atomic E-state index is 12.6. The number of benzene rings is 2. The van der Waals surface area contributed by atoms with Crippen molar-refractivity contribution in [3.05, 3.63) is 64.2 Å². The van der Waals surface area contributed by atoms with E-state index in [1.165, 1.54) is 22.2 Å². The van der Waals surface area contributed by atoms with E-state index in [2.05, 4.69) is 51.2 Å². The second-order valence-corrected chi connectivity index (χ2v) is 5.95. The van der Waals surface area contributed by atoms with E-state index in [1.54, 1.807) is 0 Å². The number of hydrogen-bond acceptors (Lipinski definition) is 1. The molecule has 21 heavy (non-hydrogen) atoms. The molecule has 1 heterocycles. The van der Waals surface area contributed by atoms with Gasteiger partial charge in [0.15, 0.2) is 0 Å². The normalized spacial score (nSPS) is 13.6. The molecule has 0 N–H and O–H groups in total. The van der Waals surface area contributed by atoms with E-state index < -0.39 is 0 Å². The maximum absolute atomic E-state index is 12.6. The molecule has 2 nitrogen and oxygen atoms in total. The van der Waals surface area contributed by atoms with Crippen LogP contribution in [0.2, 0.25) is 0 Å². The van der Waals surface area contributed by atoms with Crippen molar-refractivity contribution in [2.75, 3.05) is 0 Å². The lowest BCUT2D eigenvalue weighted by atomic mass is 9.90. The van der Waals surface area contributed by atoms with Gasteiger partial charge in [0.1, 0.15) is 7.85 Å². The van der Waals surface area contributed by atoms with Gasteiger partial charge in [-0.15, -0.1) is 0 Å². The number of hydrogen-bond donors (Lipinski definition) is 0. The minimum Gasteiger partial charge on any atom is -0.330 e. The van der Waals surface area contributed by atoms with Crippen molar-refractivity contribution >= 4 is 19.2 Å². The molecule has 1 aliphatic heterocycles. The highest BCUT2D eigenvalue weighted by atomic mass is 16.2. The first-order chi connectivity index (χ1) is 10.1. The van der Waals surface area contributed by atoms with Gasteiger partial charge in [-0.1, -0.05) is 48.8 Å². The molecule has 0 radical (unpaired) electrons. The van der Waals surface area contributed by atoms with Gasteiger partial charge in [-0.25, -0.2) is 0 Å². The Bertz CT molecular complexity index is 691. The van der Waals surface area contributed by atoms with Crippen molar-refractivity contribution in [2.45, 2.75) is 33.4 Å². The van der Waals surface area contributed by atoms with Crippen LogP contribution in [-0.2, 0) is 19.5 Å². The average molecular weight is 277 g/mol. The number of carbonyl (C=O) groups is 1. The number of nitrogens with zero attached hydrogens (tertiary/aromatic N) is 1. The Kier molecular flexibility index (Phi) is 3.58. The number of fused-ring (bicyclic) bond motifs is 1. The van der Waals surface area contributed by atoms with E-state index in [0.717, 1.165) is 24.1 Å². The highest BCUT2D eigenvalue weighted by Crippen LogP contribution is 2.26. The van der Waals surface area contributed by atoms with Gasteiger partial charge in [0.05, 0.1) is 0 Å². The van der Waals surface area contributed by atoms with E-state index in [4.69, 9.17) is 0 Å². The van der Waals surface area contributed by atoms with Gasteiger partial charge >= 0.3 is 0 Å². The Labute approximate surface area is 127 Å². The van der Waals surface area contributed by atoms with Crippen LogP contribution in [-0.4, -0.2) is 18.7 Å². The average Bonchev–Trinajstić information content (AvgIpc) is 2.76.